The van der Waals surface area contributed by atoms with Gasteiger partial charge in [0.1, 0.15) is 0 Å². The van der Waals surface area contributed by atoms with Gasteiger partial charge < -0.3 is 20.1 Å². The van der Waals surface area contributed by atoms with Crippen molar-refractivity contribution < 1.29 is 24.9 Å². The van der Waals surface area contributed by atoms with Crippen molar-refractivity contribution in [1.82, 2.24) is 0 Å². The number of aliphatic hydroxyl groups is 3. The lowest BCUT2D eigenvalue weighted by atomic mass is 9.42. The lowest BCUT2D eigenvalue weighted by Crippen LogP contribution is -2.63. The van der Waals surface area contributed by atoms with E-state index in [9.17, 15) is 20.1 Å². The van der Waals surface area contributed by atoms with Crippen LogP contribution in [0.4, 0.5) is 0 Å². The average molecular weight is 407 g/mol. The highest BCUT2D eigenvalue weighted by Gasteiger charge is 2.72. The Morgan fingerprint density at radius 2 is 1.76 bits per heavy atom. The maximum absolute atomic E-state index is 12.3. The molecule has 0 bridgehead atoms. The molecule has 5 heteroatoms. The predicted octanol–water partition coefficient (Wildman–Crippen LogP) is 3.05. The molecule has 1 saturated heterocycles. The monoisotopic (exact) mass is 406 g/mol. The van der Waals surface area contributed by atoms with Crippen molar-refractivity contribution in [3.05, 3.63) is 0 Å². The van der Waals surface area contributed by atoms with E-state index in [2.05, 4.69) is 20.8 Å². The average Bonchev–Trinajstić information content (AvgIpc) is 3.08. The molecule has 5 nitrogen and oxygen atoms in total. The van der Waals surface area contributed by atoms with E-state index in [-0.39, 0.29) is 29.3 Å². The first-order valence-electron chi connectivity index (χ1n) is 11.8. The Balaban J connectivity index is 1.50. The van der Waals surface area contributed by atoms with Crippen molar-refractivity contribution >= 4 is 5.97 Å². The summed E-state index contributed by atoms with van der Waals surface area (Å²) in [6, 6.07) is 0. The second-order valence-corrected chi connectivity index (χ2v) is 12.0. The Morgan fingerprint density at radius 3 is 2.45 bits per heavy atom. The largest absolute Gasteiger partial charge is 0.465 e. The van der Waals surface area contributed by atoms with Crippen molar-refractivity contribution in [2.75, 3.05) is 6.61 Å². The fraction of sp³-hybridized carbons (Fsp3) is 0.958. The van der Waals surface area contributed by atoms with E-state index in [4.69, 9.17) is 4.74 Å². The molecule has 0 spiro atoms. The Labute approximate surface area is 174 Å². The van der Waals surface area contributed by atoms with E-state index >= 15 is 0 Å². The molecule has 3 N–H and O–H groups in total. The van der Waals surface area contributed by atoms with E-state index in [1.54, 1.807) is 0 Å². The van der Waals surface area contributed by atoms with E-state index in [0.29, 0.717) is 31.3 Å². The van der Waals surface area contributed by atoms with E-state index in [1.807, 2.05) is 0 Å². The zero-order valence-electron chi connectivity index (χ0n) is 18.2. The molecule has 0 aromatic heterocycles. The van der Waals surface area contributed by atoms with Gasteiger partial charge >= 0.3 is 5.97 Å². The molecule has 0 aromatic rings. The van der Waals surface area contributed by atoms with Crippen LogP contribution in [0.3, 0.4) is 0 Å². The van der Waals surface area contributed by atoms with Crippen LogP contribution in [0.25, 0.3) is 0 Å². The Bertz CT molecular complexity index is 709. The van der Waals surface area contributed by atoms with Crippen LogP contribution in [0.5, 0.6) is 0 Å². The second kappa shape index (κ2) is 6.20. The highest BCUT2D eigenvalue weighted by Crippen LogP contribution is 2.71. The Morgan fingerprint density at radius 1 is 1.00 bits per heavy atom. The third-order valence-corrected chi connectivity index (χ3v) is 10.7. The van der Waals surface area contributed by atoms with Gasteiger partial charge in [0.25, 0.3) is 0 Å². The Hall–Kier alpha value is -0.650. The molecule has 0 amide bonds. The molecule has 0 aromatic carbocycles. The van der Waals surface area contributed by atoms with E-state index < -0.39 is 22.5 Å². The fourth-order valence-electron chi connectivity index (χ4n) is 9.35. The first kappa shape index (κ1) is 20.3. The van der Waals surface area contributed by atoms with Crippen LogP contribution in [0.2, 0.25) is 0 Å². The molecule has 4 saturated carbocycles. The summed E-state index contributed by atoms with van der Waals surface area (Å²) in [5, 5.41) is 33.7. The number of carbonyl (C=O) groups excluding carboxylic acids is 1. The van der Waals surface area contributed by atoms with Crippen LogP contribution < -0.4 is 0 Å². The van der Waals surface area contributed by atoms with E-state index in [1.165, 1.54) is 0 Å². The molecule has 10 atom stereocenters. The summed E-state index contributed by atoms with van der Waals surface area (Å²) in [4.78, 5) is 11.9. The molecular formula is C24H38O5. The van der Waals surface area contributed by atoms with Crippen molar-refractivity contribution in [2.45, 2.75) is 96.4 Å². The molecule has 0 radical (unpaired) electrons. The molecular weight excluding hydrogens is 368 g/mol. The van der Waals surface area contributed by atoms with Gasteiger partial charge in [0.05, 0.1) is 30.8 Å². The standard InChI is InChI=1S/C24H38O5/c1-21(12-19(27)29-13-21)20-18(26)11-24(28)17-5-4-14-10-15(25)6-8-22(14,2)16(17)7-9-23(20,24)3/h14-18,20,25-26,28H,4-13H2,1-3H3. The van der Waals surface area contributed by atoms with Crippen LogP contribution in [0.1, 0.15) is 78.6 Å². The van der Waals surface area contributed by atoms with Crippen LogP contribution >= 0.6 is 0 Å². The number of hydrogen-bond acceptors (Lipinski definition) is 5. The molecule has 164 valence electrons. The normalized spacial score (nSPS) is 59.6. The minimum absolute atomic E-state index is 0.119. The summed E-state index contributed by atoms with van der Waals surface area (Å²) in [5.74, 6) is 0.888. The maximum Gasteiger partial charge on any atom is 0.306 e. The van der Waals surface area contributed by atoms with Crippen molar-refractivity contribution in [3.8, 4) is 0 Å². The summed E-state index contributed by atoms with van der Waals surface area (Å²) in [6.07, 6.45) is 6.81. The van der Waals surface area contributed by atoms with Gasteiger partial charge in [-0.05, 0) is 68.1 Å². The van der Waals surface area contributed by atoms with Crippen molar-refractivity contribution in [3.63, 3.8) is 0 Å². The summed E-state index contributed by atoms with van der Waals surface area (Å²) in [5.41, 5.74) is -1.51. The molecule has 10 unspecified atom stereocenters. The van der Waals surface area contributed by atoms with Crippen LogP contribution in [0.15, 0.2) is 0 Å². The number of hydrogen-bond donors (Lipinski definition) is 3. The molecule has 5 fully saturated rings. The minimum atomic E-state index is -0.890. The molecule has 4 aliphatic carbocycles. The van der Waals surface area contributed by atoms with Gasteiger partial charge in [-0.1, -0.05) is 20.8 Å². The van der Waals surface area contributed by atoms with Gasteiger partial charge in [-0.15, -0.1) is 0 Å². The molecule has 29 heavy (non-hydrogen) atoms. The van der Waals surface area contributed by atoms with Crippen molar-refractivity contribution in [2.24, 2.45) is 39.9 Å². The summed E-state index contributed by atoms with van der Waals surface area (Å²) in [7, 11) is 0. The maximum atomic E-state index is 12.3. The highest BCUT2D eigenvalue weighted by atomic mass is 16.5. The zero-order chi connectivity index (χ0) is 20.8. The van der Waals surface area contributed by atoms with Crippen molar-refractivity contribution in [1.29, 1.82) is 0 Å². The number of carbonyl (C=O) groups is 1. The topological polar surface area (TPSA) is 87.0 Å². The van der Waals surface area contributed by atoms with Gasteiger partial charge in [-0.3, -0.25) is 4.79 Å². The number of aliphatic hydroxyl groups excluding tert-OH is 2. The second-order valence-electron chi connectivity index (χ2n) is 12.0. The predicted molar refractivity (Wildman–Crippen MR) is 108 cm³/mol. The summed E-state index contributed by atoms with van der Waals surface area (Å²) >= 11 is 0. The molecule has 1 heterocycles. The SMILES string of the molecule is CC1(C2C(O)CC3(O)C4CCC5CC(O)CCC5(C)C4CCC23C)COC(=O)C1. The minimum Gasteiger partial charge on any atom is -0.465 e. The fourth-order valence-corrected chi connectivity index (χ4v) is 9.35. The highest BCUT2D eigenvalue weighted by molar-refractivity contribution is 5.72. The van der Waals surface area contributed by atoms with Gasteiger partial charge in [0.15, 0.2) is 0 Å². The van der Waals surface area contributed by atoms with Crippen LogP contribution in [0, 0.1) is 39.9 Å². The molecule has 5 aliphatic rings. The van der Waals surface area contributed by atoms with Gasteiger partial charge in [0, 0.05) is 23.2 Å². The number of fused-ring (bicyclic) bond motifs is 5. The lowest BCUT2D eigenvalue weighted by Gasteiger charge is -2.64. The number of ether oxygens (including phenoxy) is 1. The van der Waals surface area contributed by atoms with E-state index in [0.717, 1.165) is 44.9 Å². The molecule has 1 aliphatic heterocycles. The third-order valence-electron chi connectivity index (χ3n) is 10.7. The third kappa shape index (κ3) is 2.53. The van der Waals surface area contributed by atoms with Gasteiger partial charge in [-0.25, -0.2) is 0 Å². The zero-order valence-corrected chi connectivity index (χ0v) is 18.2. The number of cyclic esters (lactones) is 1. The number of esters is 1. The Kier molecular flexibility index (Phi) is 4.33. The summed E-state index contributed by atoms with van der Waals surface area (Å²) in [6.45, 7) is 7.00. The van der Waals surface area contributed by atoms with Gasteiger partial charge in [-0.2, -0.15) is 0 Å². The smallest absolute Gasteiger partial charge is 0.306 e. The lowest BCUT2D eigenvalue weighted by molar-refractivity contribution is -0.217. The van der Waals surface area contributed by atoms with Crippen LogP contribution in [-0.2, 0) is 9.53 Å². The summed E-state index contributed by atoms with van der Waals surface area (Å²) < 4.78 is 5.33. The van der Waals surface area contributed by atoms with Gasteiger partial charge in [0.2, 0.25) is 0 Å². The molecule has 5 rings (SSSR count). The quantitative estimate of drug-likeness (QED) is 0.583. The number of rotatable bonds is 1. The van der Waals surface area contributed by atoms with Crippen LogP contribution in [-0.4, -0.2) is 45.7 Å². The first-order valence-corrected chi connectivity index (χ1v) is 11.8. The first-order chi connectivity index (χ1) is 13.5.